The number of hydrogen-bond donors (Lipinski definition) is 1. The molecule has 0 amide bonds. The summed E-state index contributed by atoms with van der Waals surface area (Å²) in [5, 5.41) is 4.31. The molecule has 4 aromatic rings. The number of benzene rings is 1. The van der Waals surface area contributed by atoms with E-state index < -0.39 is 0 Å². The molecule has 4 heterocycles. The zero-order valence-electron chi connectivity index (χ0n) is 15.8. The maximum Gasteiger partial charge on any atom is 0.345 e. The fourth-order valence-electron chi connectivity index (χ4n) is 3.79. The summed E-state index contributed by atoms with van der Waals surface area (Å²) in [7, 11) is 0. The quantitative estimate of drug-likeness (QED) is 0.546. The predicted octanol–water partition coefficient (Wildman–Crippen LogP) is 3.22. The zero-order chi connectivity index (χ0) is 19.1. The van der Waals surface area contributed by atoms with Crippen molar-refractivity contribution in [2.24, 2.45) is 0 Å². The molecule has 0 spiro atoms. The van der Waals surface area contributed by atoms with Gasteiger partial charge in [-0.15, -0.1) is 0 Å². The lowest BCUT2D eigenvalue weighted by atomic mass is 10.1. The van der Waals surface area contributed by atoms with E-state index in [9.17, 15) is 4.79 Å². The monoisotopic (exact) mass is 374 g/mol. The van der Waals surface area contributed by atoms with Crippen LogP contribution in [-0.4, -0.2) is 35.6 Å². The van der Waals surface area contributed by atoms with Crippen LogP contribution in [0.15, 0.2) is 58.0 Å². The molecule has 1 aliphatic heterocycles. The Kier molecular flexibility index (Phi) is 4.13. The maximum absolute atomic E-state index is 12.7. The van der Waals surface area contributed by atoms with Crippen molar-refractivity contribution in [3.05, 3.63) is 64.8 Å². The van der Waals surface area contributed by atoms with Gasteiger partial charge < -0.3 is 19.0 Å². The van der Waals surface area contributed by atoms with Crippen LogP contribution in [0.1, 0.15) is 12.0 Å². The number of imidazole rings is 1. The molecule has 1 N–H and O–H groups in total. The van der Waals surface area contributed by atoms with E-state index in [2.05, 4.69) is 21.3 Å². The lowest BCUT2D eigenvalue weighted by molar-refractivity contribution is 0.563. The average molecular weight is 374 g/mol. The number of aromatic nitrogens is 2. The molecular weight excluding hydrogens is 352 g/mol. The Bertz CT molecular complexity index is 1220. The number of pyridine rings is 1. The standard InChI is InChI=1S/C22H22N4O2/c1-15-5-9-26-14-19(24-21(26)11-15)18-12-16-3-4-17(13-20(16)28-22(18)27)25-8-2-6-23-7-10-25/h3-5,9,11-14,23H,2,6-8,10H2,1H3. The van der Waals surface area contributed by atoms with Crippen molar-refractivity contribution in [3.63, 3.8) is 0 Å². The number of nitrogens with one attached hydrogen (secondary N) is 1. The lowest BCUT2D eigenvalue weighted by Crippen LogP contribution is -2.27. The summed E-state index contributed by atoms with van der Waals surface area (Å²) in [5.41, 5.74) is 4.41. The molecule has 0 radical (unpaired) electrons. The Labute approximate surface area is 162 Å². The molecule has 1 saturated heterocycles. The number of anilines is 1. The first-order chi connectivity index (χ1) is 13.7. The second kappa shape index (κ2) is 6.80. The maximum atomic E-state index is 12.7. The van der Waals surface area contributed by atoms with E-state index in [-0.39, 0.29) is 5.63 Å². The topological polar surface area (TPSA) is 62.8 Å². The molecule has 28 heavy (non-hydrogen) atoms. The Hall–Kier alpha value is -3.12. The molecule has 5 rings (SSSR count). The molecule has 1 aliphatic rings. The van der Waals surface area contributed by atoms with Gasteiger partial charge in [-0.2, -0.15) is 0 Å². The SMILES string of the molecule is Cc1ccn2cc(-c3cc4ccc(N5CCCNCC5)cc4oc3=O)nc2c1. The number of rotatable bonds is 2. The number of hydrogen-bond acceptors (Lipinski definition) is 5. The van der Waals surface area contributed by atoms with Crippen LogP contribution in [0.3, 0.4) is 0 Å². The van der Waals surface area contributed by atoms with Crippen LogP contribution in [0.5, 0.6) is 0 Å². The fourth-order valence-corrected chi connectivity index (χ4v) is 3.79. The summed E-state index contributed by atoms with van der Waals surface area (Å²) in [6.45, 7) is 5.99. The molecule has 142 valence electrons. The largest absolute Gasteiger partial charge is 0.422 e. The molecule has 1 fully saturated rings. The summed E-state index contributed by atoms with van der Waals surface area (Å²) in [4.78, 5) is 19.6. The van der Waals surface area contributed by atoms with Gasteiger partial charge in [0.1, 0.15) is 11.2 Å². The Morgan fingerprint density at radius 3 is 2.96 bits per heavy atom. The van der Waals surface area contributed by atoms with Crippen LogP contribution in [0, 0.1) is 6.92 Å². The minimum absolute atomic E-state index is 0.359. The molecule has 0 bridgehead atoms. The van der Waals surface area contributed by atoms with Crippen molar-refractivity contribution < 1.29 is 4.42 Å². The van der Waals surface area contributed by atoms with Gasteiger partial charge in [0.15, 0.2) is 0 Å². The third-order valence-electron chi connectivity index (χ3n) is 5.32. The fraction of sp³-hybridized carbons (Fsp3) is 0.273. The first-order valence-corrected chi connectivity index (χ1v) is 9.67. The second-order valence-corrected chi connectivity index (χ2v) is 7.36. The molecule has 0 aliphatic carbocycles. The minimum atomic E-state index is -0.359. The first kappa shape index (κ1) is 17.0. The molecule has 0 atom stereocenters. The number of fused-ring (bicyclic) bond motifs is 2. The van der Waals surface area contributed by atoms with Crippen molar-refractivity contribution >= 4 is 22.3 Å². The van der Waals surface area contributed by atoms with E-state index >= 15 is 0 Å². The van der Waals surface area contributed by atoms with Gasteiger partial charge in [-0.3, -0.25) is 0 Å². The Morgan fingerprint density at radius 1 is 1.11 bits per heavy atom. The van der Waals surface area contributed by atoms with Gasteiger partial charge in [0.25, 0.3) is 0 Å². The molecule has 3 aromatic heterocycles. The average Bonchev–Trinajstić information content (AvgIpc) is 2.91. The molecule has 6 nitrogen and oxygen atoms in total. The predicted molar refractivity (Wildman–Crippen MR) is 111 cm³/mol. The lowest BCUT2D eigenvalue weighted by Gasteiger charge is -2.22. The molecule has 0 unspecified atom stereocenters. The van der Waals surface area contributed by atoms with E-state index in [4.69, 9.17) is 4.42 Å². The van der Waals surface area contributed by atoms with Crippen molar-refractivity contribution in [1.29, 1.82) is 0 Å². The van der Waals surface area contributed by atoms with Gasteiger partial charge in [0, 0.05) is 49.2 Å². The van der Waals surface area contributed by atoms with Crippen LogP contribution in [0.2, 0.25) is 0 Å². The van der Waals surface area contributed by atoms with Crippen molar-refractivity contribution in [1.82, 2.24) is 14.7 Å². The van der Waals surface area contributed by atoms with Gasteiger partial charge in [-0.05, 0) is 55.8 Å². The minimum Gasteiger partial charge on any atom is -0.422 e. The molecular formula is C22H22N4O2. The Balaban J connectivity index is 1.56. The van der Waals surface area contributed by atoms with Gasteiger partial charge in [0.2, 0.25) is 0 Å². The van der Waals surface area contributed by atoms with E-state index in [1.54, 1.807) is 0 Å². The van der Waals surface area contributed by atoms with E-state index in [0.29, 0.717) is 16.8 Å². The van der Waals surface area contributed by atoms with Crippen molar-refractivity contribution in [3.8, 4) is 11.3 Å². The second-order valence-electron chi connectivity index (χ2n) is 7.36. The molecule has 6 heteroatoms. The van der Waals surface area contributed by atoms with Crippen molar-refractivity contribution in [2.75, 3.05) is 31.1 Å². The highest BCUT2D eigenvalue weighted by Crippen LogP contribution is 2.25. The summed E-state index contributed by atoms with van der Waals surface area (Å²) in [5.74, 6) is 0. The van der Waals surface area contributed by atoms with Gasteiger partial charge >= 0.3 is 5.63 Å². The normalized spacial score (nSPS) is 15.2. The van der Waals surface area contributed by atoms with Gasteiger partial charge in [0.05, 0.1) is 11.3 Å². The summed E-state index contributed by atoms with van der Waals surface area (Å²) >= 11 is 0. The van der Waals surface area contributed by atoms with Crippen LogP contribution in [0.4, 0.5) is 5.69 Å². The Morgan fingerprint density at radius 2 is 2.04 bits per heavy atom. The summed E-state index contributed by atoms with van der Waals surface area (Å²) in [6, 6.07) is 12.0. The molecule has 0 saturated carbocycles. The van der Waals surface area contributed by atoms with E-state index in [1.165, 1.54) is 0 Å². The summed E-state index contributed by atoms with van der Waals surface area (Å²) in [6.07, 6.45) is 4.92. The van der Waals surface area contributed by atoms with Crippen LogP contribution in [-0.2, 0) is 0 Å². The van der Waals surface area contributed by atoms with E-state index in [0.717, 1.165) is 54.9 Å². The first-order valence-electron chi connectivity index (χ1n) is 9.67. The van der Waals surface area contributed by atoms with Gasteiger partial charge in [-0.1, -0.05) is 0 Å². The molecule has 1 aromatic carbocycles. The van der Waals surface area contributed by atoms with Crippen LogP contribution < -0.4 is 15.8 Å². The van der Waals surface area contributed by atoms with Crippen LogP contribution in [0.25, 0.3) is 27.9 Å². The third-order valence-corrected chi connectivity index (χ3v) is 5.32. The van der Waals surface area contributed by atoms with Crippen molar-refractivity contribution in [2.45, 2.75) is 13.3 Å². The zero-order valence-corrected chi connectivity index (χ0v) is 15.8. The highest BCUT2D eigenvalue weighted by Gasteiger charge is 2.14. The van der Waals surface area contributed by atoms with E-state index in [1.807, 2.05) is 54.0 Å². The summed E-state index contributed by atoms with van der Waals surface area (Å²) < 4.78 is 7.60. The number of aryl methyl sites for hydroxylation is 1. The highest BCUT2D eigenvalue weighted by molar-refractivity contribution is 5.84. The third kappa shape index (κ3) is 3.05. The number of nitrogens with zero attached hydrogens (tertiary/aromatic N) is 3. The van der Waals surface area contributed by atoms with Crippen LogP contribution >= 0.6 is 0 Å². The van der Waals surface area contributed by atoms with Gasteiger partial charge in [-0.25, -0.2) is 9.78 Å². The highest BCUT2D eigenvalue weighted by atomic mass is 16.4. The smallest absolute Gasteiger partial charge is 0.345 e.